The molecule has 0 spiro atoms. The van der Waals surface area contributed by atoms with Crippen LogP contribution in [-0.4, -0.2) is 35.2 Å². The highest BCUT2D eigenvalue weighted by Crippen LogP contribution is 2.48. The zero-order chi connectivity index (χ0) is 24.7. The Morgan fingerprint density at radius 2 is 1.76 bits per heavy atom. The number of hydrogen-bond donors (Lipinski definition) is 1. The second-order valence-electron chi connectivity index (χ2n) is 9.22. The van der Waals surface area contributed by atoms with Crippen molar-refractivity contribution in [3.63, 3.8) is 0 Å². The number of nitrogens with zero attached hydrogens (tertiary/aromatic N) is 2. The molecule has 2 aromatic rings. The first-order valence-electron chi connectivity index (χ1n) is 11.2. The molecule has 0 bridgehead atoms. The first-order valence-corrected chi connectivity index (χ1v) is 11.2. The molecule has 0 heterocycles. The van der Waals surface area contributed by atoms with E-state index < -0.39 is 11.6 Å². The van der Waals surface area contributed by atoms with Gasteiger partial charge in [-0.2, -0.15) is 0 Å². The molecule has 0 saturated heterocycles. The van der Waals surface area contributed by atoms with Gasteiger partial charge < -0.3 is 19.5 Å². The summed E-state index contributed by atoms with van der Waals surface area (Å²) in [5.41, 5.74) is 3.49. The lowest BCUT2D eigenvalue weighted by Gasteiger charge is -2.17. The molecule has 180 valence electrons. The number of benzene rings is 2. The summed E-state index contributed by atoms with van der Waals surface area (Å²) in [6, 6.07) is 17.4. The van der Waals surface area contributed by atoms with Crippen LogP contribution in [0.4, 0.5) is 0 Å². The van der Waals surface area contributed by atoms with Crippen LogP contribution in [0.3, 0.4) is 0 Å². The molecule has 2 atom stereocenters. The molecule has 7 nitrogen and oxygen atoms in total. The number of carboxylic acid groups (broad SMARTS) is 1. The molecule has 2 aromatic carbocycles. The molecule has 1 aliphatic carbocycles. The molecule has 2 unspecified atom stereocenters. The van der Waals surface area contributed by atoms with E-state index in [9.17, 15) is 9.90 Å². The summed E-state index contributed by atoms with van der Waals surface area (Å²) in [7, 11) is 1.41. The van der Waals surface area contributed by atoms with Gasteiger partial charge in [0.25, 0.3) is 0 Å². The molecule has 1 aliphatic rings. The van der Waals surface area contributed by atoms with Crippen LogP contribution in [0.5, 0.6) is 0 Å². The highest BCUT2D eigenvalue weighted by atomic mass is 16.6. The van der Waals surface area contributed by atoms with Gasteiger partial charge in [-0.3, -0.25) is 0 Å². The van der Waals surface area contributed by atoms with Crippen LogP contribution in [0.25, 0.3) is 5.57 Å². The van der Waals surface area contributed by atoms with E-state index in [0.717, 1.165) is 12.1 Å². The number of carbonyl (C=O) groups is 1. The Morgan fingerprint density at radius 3 is 2.41 bits per heavy atom. The van der Waals surface area contributed by atoms with Crippen LogP contribution in [0.2, 0.25) is 0 Å². The Hall–Kier alpha value is -3.61. The van der Waals surface area contributed by atoms with Crippen molar-refractivity contribution in [2.75, 3.05) is 7.11 Å². The third-order valence-corrected chi connectivity index (χ3v) is 5.35. The van der Waals surface area contributed by atoms with E-state index in [1.807, 2.05) is 52.0 Å². The molecule has 0 radical (unpaired) electrons. The fourth-order valence-corrected chi connectivity index (χ4v) is 3.66. The van der Waals surface area contributed by atoms with Crippen molar-refractivity contribution >= 4 is 23.0 Å². The summed E-state index contributed by atoms with van der Waals surface area (Å²) in [5, 5.41) is 18.3. The molecule has 1 N–H and O–H groups in total. The Morgan fingerprint density at radius 1 is 1.09 bits per heavy atom. The summed E-state index contributed by atoms with van der Waals surface area (Å²) in [6.07, 6.45) is 2.18. The van der Waals surface area contributed by atoms with Crippen molar-refractivity contribution in [3.8, 4) is 0 Å². The maximum absolute atomic E-state index is 11.6. The molecule has 0 amide bonds. The van der Waals surface area contributed by atoms with Crippen molar-refractivity contribution in [2.45, 2.75) is 52.2 Å². The van der Waals surface area contributed by atoms with E-state index in [4.69, 9.17) is 14.4 Å². The summed E-state index contributed by atoms with van der Waals surface area (Å²) in [4.78, 5) is 23.0. The van der Waals surface area contributed by atoms with Gasteiger partial charge in [-0.25, -0.2) is 4.79 Å². The third-order valence-electron chi connectivity index (χ3n) is 5.35. The molecule has 1 fully saturated rings. The van der Waals surface area contributed by atoms with E-state index in [0.29, 0.717) is 22.8 Å². The smallest absolute Gasteiger partial charge is 0.339 e. The maximum Gasteiger partial charge on any atom is 0.339 e. The summed E-state index contributed by atoms with van der Waals surface area (Å²) < 4.78 is 4.94. The minimum Gasteiger partial charge on any atom is -0.503 e. The van der Waals surface area contributed by atoms with Gasteiger partial charge in [0, 0.05) is 11.5 Å². The molecular formula is C27H32N2O5. The normalized spacial score (nSPS) is 18.9. The highest BCUT2D eigenvalue weighted by Gasteiger charge is 2.43. The van der Waals surface area contributed by atoms with E-state index in [1.54, 1.807) is 18.2 Å². The third kappa shape index (κ3) is 6.70. The van der Waals surface area contributed by atoms with Crippen LogP contribution in [-0.2, 0) is 25.8 Å². The Labute approximate surface area is 200 Å². The fraction of sp³-hybridized carbons (Fsp3) is 0.370. The topological polar surface area (TPSA) is 89.7 Å². The van der Waals surface area contributed by atoms with Crippen LogP contribution in [0.15, 0.2) is 71.2 Å². The lowest BCUT2D eigenvalue weighted by Crippen LogP contribution is -2.21. The molecule has 1 saturated carbocycles. The first kappa shape index (κ1) is 25.0. The second-order valence-corrected chi connectivity index (χ2v) is 9.22. The number of aliphatic carboxylic acids is 1. The SMILES string of the molecule is CO/C=C(/C(=O)O)c1ccccc1CO/N=C(C)/C(=N/OC(C)(C)C)C1CC1c1ccccc1. The average molecular weight is 465 g/mol. The van der Waals surface area contributed by atoms with Crippen LogP contribution in [0, 0.1) is 5.92 Å². The first-order chi connectivity index (χ1) is 16.2. The second kappa shape index (κ2) is 11.0. The van der Waals surface area contributed by atoms with Crippen molar-refractivity contribution in [3.05, 3.63) is 77.5 Å². The van der Waals surface area contributed by atoms with Gasteiger partial charge >= 0.3 is 5.97 Å². The minimum absolute atomic E-state index is 0.0481. The predicted octanol–water partition coefficient (Wildman–Crippen LogP) is 5.63. The Kier molecular flexibility index (Phi) is 8.10. The molecular weight excluding hydrogens is 432 g/mol. The molecule has 0 aliphatic heterocycles. The Bertz CT molecular complexity index is 1080. The zero-order valence-electron chi connectivity index (χ0n) is 20.3. The molecule has 34 heavy (non-hydrogen) atoms. The largest absolute Gasteiger partial charge is 0.503 e. The predicted molar refractivity (Wildman–Crippen MR) is 133 cm³/mol. The van der Waals surface area contributed by atoms with Gasteiger partial charge in [0.15, 0.2) is 0 Å². The quantitative estimate of drug-likeness (QED) is 0.213. The van der Waals surface area contributed by atoms with Gasteiger partial charge in [0.1, 0.15) is 29.2 Å². The summed E-state index contributed by atoms with van der Waals surface area (Å²) in [6.45, 7) is 7.79. The van der Waals surface area contributed by atoms with E-state index in [2.05, 4.69) is 22.4 Å². The standard InChI is InChI=1S/C27H32N2O5/c1-18(28-33-16-20-13-9-10-14-21(20)24(17-32-5)26(30)31)25(29-34-27(2,3)4)23-15-22(23)19-11-7-6-8-12-19/h6-14,17,22-23H,15-16H2,1-5H3,(H,30,31)/b24-17+,28-18+,29-25-. The van der Waals surface area contributed by atoms with Gasteiger partial charge in [-0.1, -0.05) is 64.9 Å². The van der Waals surface area contributed by atoms with Crippen molar-refractivity contribution in [1.82, 2.24) is 0 Å². The zero-order valence-corrected chi connectivity index (χ0v) is 20.3. The van der Waals surface area contributed by atoms with Crippen LogP contribution in [0.1, 0.15) is 56.7 Å². The van der Waals surface area contributed by atoms with Gasteiger partial charge in [-0.05, 0) is 51.2 Å². The minimum atomic E-state index is -1.08. The van der Waals surface area contributed by atoms with E-state index >= 15 is 0 Å². The van der Waals surface area contributed by atoms with Crippen LogP contribution >= 0.6 is 0 Å². The summed E-state index contributed by atoms with van der Waals surface area (Å²) >= 11 is 0. The average Bonchev–Trinajstić information content (AvgIpc) is 3.58. The van der Waals surface area contributed by atoms with Gasteiger partial charge in [0.2, 0.25) is 0 Å². The number of carboxylic acids is 1. The maximum atomic E-state index is 11.6. The lowest BCUT2D eigenvalue weighted by atomic mass is 10.0. The number of hydrogen-bond acceptors (Lipinski definition) is 6. The van der Waals surface area contributed by atoms with Crippen molar-refractivity contribution < 1.29 is 24.3 Å². The lowest BCUT2D eigenvalue weighted by molar-refractivity contribution is -0.130. The van der Waals surface area contributed by atoms with E-state index in [-0.39, 0.29) is 18.1 Å². The molecule has 7 heteroatoms. The fourth-order valence-electron chi connectivity index (χ4n) is 3.66. The van der Waals surface area contributed by atoms with Gasteiger partial charge in [0.05, 0.1) is 13.4 Å². The summed E-state index contributed by atoms with van der Waals surface area (Å²) in [5.74, 6) is -0.511. The van der Waals surface area contributed by atoms with Crippen molar-refractivity contribution in [1.29, 1.82) is 0 Å². The molecule has 0 aromatic heterocycles. The number of rotatable bonds is 10. The number of ether oxygens (including phenoxy) is 1. The highest BCUT2D eigenvalue weighted by molar-refractivity contribution is 6.42. The molecule has 3 rings (SSSR count). The monoisotopic (exact) mass is 464 g/mol. The van der Waals surface area contributed by atoms with Crippen molar-refractivity contribution in [2.24, 2.45) is 16.2 Å². The number of oxime groups is 2. The van der Waals surface area contributed by atoms with E-state index in [1.165, 1.54) is 18.9 Å². The number of methoxy groups -OCH3 is 1. The van der Waals surface area contributed by atoms with Crippen LogP contribution < -0.4 is 0 Å². The Balaban J connectivity index is 1.78. The van der Waals surface area contributed by atoms with Gasteiger partial charge in [-0.15, -0.1) is 0 Å².